The van der Waals surface area contributed by atoms with E-state index in [4.69, 9.17) is 5.21 Å². The van der Waals surface area contributed by atoms with Gasteiger partial charge in [-0.25, -0.2) is 5.90 Å². The standard InChI is InChI=1S/C13H10.H3NO/c1-2-4-11(5-3-1)13-9-10-6-7-12(13)8-10;1-2/h1-7,9H,8H2;2H,1H2. The zero-order valence-electron chi connectivity index (χ0n) is 8.35. The quantitative estimate of drug-likeness (QED) is 0.683. The summed E-state index contributed by atoms with van der Waals surface area (Å²) in [5, 5.41) is 6.50. The monoisotopic (exact) mass is 199 g/mol. The molecule has 3 N–H and O–H groups in total. The van der Waals surface area contributed by atoms with Crippen LogP contribution in [0.3, 0.4) is 0 Å². The van der Waals surface area contributed by atoms with Crippen LogP contribution in [-0.4, -0.2) is 5.21 Å². The molecule has 0 atom stereocenters. The van der Waals surface area contributed by atoms with Crippen LogP contribution in [0.5, 0.6) is 0 Å². The molecule has 2 heteroatoms. The molecule has 0 radical (unpaired) electrons. The number of allylic oxidation sites excluding steroid dienone is 6. The van der Waals surface area contributed by atoms with E-state index in [0.717, 1.165) is 6.42 Å². The van der Waals surface area contributed by atoms with Gasteiger partial charge < -0.3 is 5.21 Å². The molecule has 0 unspecified atom stereocenters. The minimum atomic E-state index is 1.14. The average molecular weight is 199 g/mol. The van der Waals surface area contributed by atoms with E-state index in [0.29, 0.717) is 0 Å². The lowest BCUT2D eigenvalue weighted by Crippen LogP contribution is -1.81. The van der Waals surface area contributed by atoms with E-state index in [2.05, 4.69) is 54.5 Å². The van der Waals surface area contributed by atoms with Gasteiger partial charge in [0.15, 0.2) is 0 Å². The number of fused-ring (bicyclic) bond motifs is 2. The molecule has 2 bridgehead atoms. The predicted octanol–water partition coefficient (Wildman–Crippen LogP) is 2.67. The van der Waals surface area contributed by atoms with Gasteiger partial charge in [-0.15, -0.1) is 0 Å². The Morgan fingerprint density at radius 2 is 1.73 bits per heavy atom. The first-order valence-corrected chi connectivity index (χ1v) is 4.86. The van der Waals surface area contributed by atoms with Crippen molar-refractivity contribution >= 4 is 5.57 Å². The van der Waals surface area contributed by atoms with E-state index in [-0.39, 0.29) is 0 Å². The first kappa shape index (κ1) is 9.90. The van der Waals surface area contributed by atoms with E-state index >= 15 is 0 Å². The summed E-state index contributed by atoms with van der Waals surface area (Å²) in [5.74, 6) is 3.50. The molecule has 76 valence electrons. The Morgan fingerprint density at radius 3 is 2.27 bits per heavy atom. The minimum Gasteiger partial charge on any atom is -0.320 e. The first-order chi connectivity index (χ1) is 7.43. The molecule has 0 saturated carbocycles. The fraction of sp³-hybridized carbons (Fsp3) is 0.0769. The Labute approximate surface area is 89.0 Å². The van der Waals surface area contributed by atoms with Crippen molar-refractivity contribution in [3.63, 3.8) is 0 Å². The van der Waals surface area contributed by atoms with E-state index in [9.17, 15) is 0 Å². The molecule has 0 fully saturated rings. The Hall–Kier alpha value is -1.64. The largest absolute Gasteiger partial charge is 0.320 e. The molecule has 2 nitrogen and oxygen atoms in total. The van der Waals surface area contributed by atoms with Gasteiger partial charge in [-0.3, -0.25) is 0 Å². The van der Waals surface area contributed by atoms with Crippen molar-refractivity contribution in [1.29, 1.82) is 0 Å². The van der Waals surface area contributed by atoms with Gasteiger partial charge >= 0.3 is 0 Å². The summed E-state index contributed by atoms with van der Waals surface area (Å²) in [6, 6.07) is 10.6. The molecular formula is C13H13NO. The number of nitrogens with two attached hydrogens (primary N) is 1. The Kier molecular flexibility index (Phi) is 2.81. The summed E-state index contributed by atoms with van der Waals surface area (Å²) in [7, 11) is 0. The van der Waals surface area contributed by atoms with Crippen LogP contribution in [0, 0.1) is 0 Å². The third-order valence-electron chi connectivity index (χ3n) is 2.65. The highest BCUT2D eigenvalue weighted by atomic mass is 16.4. The fourth-order valence-electron chi connectivity index (χ4n) is 1.99. The maximum atomic E-state index is 6.50. The summed E-state index contributed by atoms with van der Waals surface area (Å²) in [4.78, 5) is 0. The third kappa shape index (κ3) is 1.77. The van der Waals surface area contributed by atoms with Crippen molar-refractivity contribution in [2.75, 3.05) is 0 Å². The number of hydrogen-bond acceptors (Lipinski definition) is 2. The molecule has 3 rings (SSSR count). The third-order valence-corrected chi connectivity index (χ3v) is 2.65. The Balaban J connectivity index is 0.000000404. The van der Waals surface area contributed by atoms with Crippen LogP contribution in [0.4, 0.5) is 0 Å². The smallest absolute Gasteiger partial charge is 0.00194 e. The Bertz CT molecular complexity index is 441. The number of hydrogen-bond donors (Lipinski definition) is 2. The van der Waals surface area contributed by atoms with Crippen molar-refractivity contribution in [1.82, 2.24) is 0 Å². The van der Waals surface area contributed by atoms with Gasteiger partial charge in [-0.05, 0) is 28.7 Å². The van der Waals surface area contributed by atoms with Gasteiger partial charge in [0.05, 0.1) is 0 Å². The predicted molar refractivity (Wildman–Crippen MR) is 61.2 cm³/mol. The Morgan fingerprint density at radius 1 is 1.00 bits per heavy atom. The molecule has 0 spiro atoms. The van der Waals surface area contributed by atoms with Crippen LogP contribution < -0.4 is 5.90 Å². The van der Waals surface area contributed by atoms with Crippen LogP contribution in [0.2, 0.25) is 0 Å². The van der Waals surface area contributed by atoms with Gasteiger partial charge in [-0.2, -0.15) is 0 Å². The highest BCUT2D eigenvalue weighted by molar-refractivity contribution is 5.85. The molecule has 0 amide bonds. The maximum Gasteiger partial charge on any atom is -0.00194 e. The van der Waals surface area contributed by atoms with Crippen molar-refractivity contribution in [3.05, 3.63) is 65.3 Å². The molecule has 0 aromatic heterocycles. The number of benzene rings is 1. The van der Waals surface area contributed by atoms with Crippen LogP contribution >= 0.6 is 0 Å². The molecule has 2 aliphatic rings. The van der Waals surface area contributed by atoms with Crippen LogP contribution in [0.15, 0.2) is 59.7 Å². The second-order valence-corrected chi connectivity index (χ2v) is 3.53. The lowest BCUT2D eigenvalue weighted by molar-refractivity contribution is 0.311. The van der Waals surface area contributed by atoms with Crippen molar-refractivity contribution < 1.29 is 5.21 Å². The summed E-state index contributed by atoms with van der Waals surface area (Å²) < 4.78 is 0. The number of rotatable bonds is 1. The first-order valence-electron chi connectivity index (χ1n) is 4.86. The molecule has 1 aromatic rings. The van der Waals surface area contributed by atoms with Gasteiger partial charge in [0, 0.05) is 0 Å². The zero-order chi connectivity index (χ0) is 10.7. The molecule has 1 aromatic carbocycles. The summed E-state index contributed by atoms with van der Waals surface area (Å²) in [6.45, 7) is 0. The van der Waals surface area contributed by atoms with Crippen molar-refractivity contribution in [3.8, 4) is 0 Å². The van der Waals surface area contributed by atoms with Gasteiger partial charge in [0.1, 0.15) is 0 Å². The molecular weight excluding hydrogens is 186 g/mol. The van der Waals surface area contributed by atoms with Gasteiger partial charge in [-0.1, -0.05) is 48.6 Å². The molecule has 0 heterocycles. The van der Waals surface area contributed by atoms with Gasteiger partial charge in [0.25, 0.3) is 0 Å². The summed E-state index contributed by atoms with van der Waals surface area (Å²) >= 11 is 0. The minimum absolute atomic E-state index is 1.14. The summed E-state index contributed by atoms with van der Waals surface area (Å²) in [5.41, 5.74) is 5.69. The molecule has 15 heavy (non-hydrogen) atoms. The highest BCUT2D eigenvalue weighted by Gasteiger charge is 2.17. The fourth-order valence-corrected chi connectivity index (χ4v) is 1.99. The van der Waals surface area contributed by atoms with E-state index in [1.807, 2.05) is 0 Å². The molecule has 0 saturated heterocycles. The van der Waals surface area contributed by atoms with Crippen molar-refractivity contribution in [2.24, 2.45) is 5.90 Å². The topological polar surface area (TPSA) is 46.2 Å². The zero-order valence-corrected chi connectivity index (χ0v) is 8.35. The summed E-state index contributed by atoms with van der Waals surface area (Å²) in [6.07, 6.45) is 7.88. The van der Waals surface area contributed by atoms with E-state index < -0.39 is 0 Å². The average Bonchev–Trinajstić information content (AvgIpc) is 2.95. The van der Waals surface area contributed by atoms with Crippen LogP contribution in [-0.2, 0) is 0 Å². The van der Waals surface area contributed by atoms with Crippen LogP contribution in [0.1, 0.15) is 12.0 Å². The molecule has 0 aliphatic heterocycles. The molecule has 2 aliphatic carbocycles. The lowest BCUT2D eigenvalue weighted by atomic mass is 10.0. The second-order valence-electron chi connectivity index (χ2n) is 3.53. The normalized spacial score (nSPS) is 16.3. The van der Waals surface area contributed by atoms with Crippen LogP contribution in [0.25, 0.3) is 5.57 Å². The van der Waals surface area contributed by atoms with Crippen molar-refractivity contribution in [2.45, 2.75) is 6.42 Å². The SMILES string of the molecule is C1=CC2=C(c3ccccc3)C=C1C2.NO. The lowest BCUT2D eigenvalue weighted by Gasteiger charge is -2.02. The van der Waals surface area contributed by atoms with E-state index in [1.54, 1.807) is 0 Å². The van der Waals surface area contributed by atoms with E-state index in [1.165, 1.54) is 22.3 Å². The van der Waals surface area contributed by atoms with Gasteiger partial charge in [0.2, 0.25) is 0 Å². The highest BCUT2D eigenvalue weighted by Crippen LogP contribution is 2.38. The maximum absolute atomic E-state index is 6.50. The second kappa shape index (κ2) is 4.26.